The lowest BCUT2D eigenvalue weighted by atomic mass is 10.2. The smallest absolute Gasteiger partial charge is 0.377 e. The molecule has 2 rings (SSSR count). The van der Waals surface area contributed by atoms with Crippen molar-refractivity contribution in [3.8, 4) is 5.82 Å². The SMILES string of the molecule is COC(=O)c1ncn(-c2cc(C(=O)O)c(Cl)cn2)n1. The number of ether oxygens (including phenoxy) is 1. The van der Waals surface area contributed by atoms with Gasteiger partial charge in [0.05, 0.1) is 17.7 Å². The number of hydrogen-bond donors (Lipinski definition) is 1. The van der Waals surface area contributed by atoms with Crippen LogP contribution in [0.2, 0.25) is 5.02 Å². The van der Waals surface area contributed by atoms with Gasteiger partial charge in [-0.1, -0.05) is 11.6 Å². The van der Waals surface area contributed by atoms with E-state index in [1.807, 2.05) is 0 Å². The van der Waals surface area contributed by atoms with Gasteiger partial charge in [0.1, 0.15) is 6.33 Å². The van der Waals surface area contributed by atoms with E-state index >= 15 is 0 Å². The first kappa shape index (κ1) is 13.0. The van der Waals surface area contributed by atoms with Gasteiger partial charge in [-0.25, -0.2) is 24.2 Å². The minimum Gasteiger partial charge on any atom is -0.478 e. The molecule has 1 N–H and O–H groups in total. The van der Waals surface area contributed by atoms with Crippen molar-refractivity contribution >= 4 is 23.5 Å². The molecule has 98 valence electrons. The summed E-state index contributed by atoms with van der Waals surface area (Å²) in [6, 6.07) is 1.22. The number of rotatable bonds is 3. The number of hydrogen-bond acceptors (Lipinski definition) is 6. The molecule has 0 bridgehead atoms. The lowest BCUT2D eigenvalue weighted by Crippen LogP contribution is -2.07. The topological polar surface area (TPSA) is 107 Å². The van der Waals surface area contributed by atoms with Crippen LogP contribution in [0.5, 0.6) is 0 Å². The molecule has 0 atom stereocenters. The normalized spacial score (nSPS) is 10.2. The maximum atomic E-state index is 11.2. The van der Waals surface area contributed by atoms with Crippen molar-refractivity contribution in [2.75, 3.05) is 7.11 Å². The Labute approximate surface area is 111 Å². The highest BCUT2D eigenvalue weighted by molar-refractivity contribution is 6.33. The molecule has 2 aromatic heterocycles. The number of carboxylic acids is 1. The molecule has 2 aromatic rings. The van der Waals surface area contributed by atoms with Crippen molar-refractivity contribution < 1.29 is 19.4 Å². The van der Waals surface area contributed by atoms with Crippen LogP contribution < -0.4 is 0 Å². The number of esters is 1. The molecular formula is C10H7ClN4O4. The van der Waals surface area contributed by atoms with Crippen molar-refractivity contribution in [2.45, 2.75) is 0 Å². The number of halogens is 1. The molecule has 9 heteroatoms. The molecular weight excluding hydrogens is 276 g/mol. The van der Waals surface area contributed by atoms with Crippen LogP contribution in [-0.2, 0) is 4.74 Å². The van der Waals surface area contributed by atoms with Crippen LogP contribution in [0, 0.1) is 0 Å². The Morgan fingerprint density at radius 3 is 2.79 bits per heavy atom. The number of carbonyl (C=O) groups excluding carboxylic acids is 1. The Morgan fingerprint density at radius 1 is 1.42 bits per heavy atom. The lowest BCUT2D eigenvalue weighted by Gasteiger charge is -2.02. The van der Waals surface area contributed by atoms with Gasteiger partial charge in [0.15, 0.2) is 5.82 Å². The van der Waals surface area contributed by atoms with E-state index in [0.717, 1.165) is 4.68 Å². The molecule has 19 heavy (non-hydrogen) atoms. The molecule has 0 aromatic carbocycles. The van der Waals surface area contributed by atoms with Gasteiger partial charge in [-0.2, -0.15) is 0 Å². The fourth-order valence-electron chi connectivity index (χ4n) is 1.28. The third-order valence-corrected chi connectivity index (χ3v) is 2.47. The second kappa shape index (κ2) is 5.02. The largest absolute Gasteiger partial charge is 0.478 e. The van der Waals surface area contributed by atoms with Crippen molar-refractivity contribution in [3.63, 3.8) is 0 Å². The van der Waals surface area contributed by atoms with Crippen LogP contribution >= 0.6 is 11.6 Å². The molecule has 0 fully saturated rings. The van der Waals surface area contributed by atoms with Crippen LogP contribution in [0.15, 0.2) is 18.6 Å². The molecule has 0 saturated carbocycles. The standard InChI is InChI=1S/C10H7ClN4O4/c1-19-10(18)8-13-4-15(14-8)7-2-5(9(16)17)6(11)3-12-7/h2-4H,1H3,(H,16,17). The number of carbonyl (C=O) groups is 2. The number of nitrogens with zero attached hydrogens (tertiary/aromatic N) is 4. The zero-order valence-corrected chi connectivity index (χ0v) is 10.3. The third kappa shape index (κ3) is 2.52. The highest BCUT2D eigenvalue weighted by Crippen LogP contribution is 2.17. The van der Waals surface area contributed by atoms with Crippen molar-refractivity contribution in [2.24, 2.45) is 0 Å². The summed E-state index contributed by atoms with van der Waals surface area (Å²) in [4.78, 5) is 29.7. The van der Waals surface area contributed by atoms with Gasteiger partial charge in [0.25, 0.3) is 5.82 Å². The fraction of sp³-hybridized carbons (Fsp3) is 0.100. The first-order chi connectivity index (χ1) is 9.02. The number of aromatic carboxylic acids is 1. The molecule has 0 amide bonds. The number of pyridine rings is 1. The number of methoxy groups -OCH3 is 1. The van der Waals surface area contributed by atoms with Crippen LogP contribution in [0.25, 0.3) is 5.82 Å². The van der Waals surface area contributed by atoms with Crippen LogP contribution in [0.4, 0.5) is 0 Å². The Morgan fingerprint density at radius 2 is 2.16 bits per heavy atom. The van der Waals surface area contributed by atoms with E-state index in [1.54, 1.807) is 0 Å². The summed E-state index contributed by atoms with van der Waals surface area (Å²) in [7, 11) is 1.20. The molecule has 0 aliphatic rings. The van der Waals surface area contributed by atoms with E-state index in [1.165, 1.54) is 25.7 Å². The van der Waals surface area contributed by atoms with Crippen molar-refractivity contribution in [3.05, 3.63) is 35.0 Å². The summed E-state index contributed by atoms with van der Waals surface area (Å²) in [6.45, 7) is 0. The summed E-state index contributed by atoms with van der Waals surface area (Å²) >= 11 is 5.69. The monoisotopic (exact) mass is 282 g/mol. The van der Waals surface area contributed by atoms with Gasteiger partial charge in [-0.05, 0) is 6.07 Å². The maximum Gasteiger partial charge on any atom is 0.377 e. The second-order valence-corrected chi connectivity index (χ2v) is 3.74. The molecule has 0 saturated heterocycles. The van der Waals surface area contributed by atoms with Gasteiger partial charge >= 0.3 is 11.9 Å². The molecule has 0 aliphatic heterocycles. The van der Waals surface area contributed by atoms with Crippen molar-refractivity contribution in [1.82, 2.24) is 19.7 Å². The summed E-state index contributed by atoms with van der Waals surface area (Å²) < 4.78 is 5.60. The van der Waals surface area contributed by atoms with E-state index in [0.29, 0.717) is 0 Å². The predicted octanol–water partition coefficient (Wildman–Crippen LogP) is 0.800. The predicted molar refractivity (Wildman–Crippen MR) is 62.5 cm³/mol. The molecule has 0 radical (unpaired) electrons. The molecule has 0 spiro atoms. The van der Waals surface area contributed by atoms with Gasteiger partial charge < -0.3 is 9.84 Å². The Kier molecular flexibility index (Phi) is 3.43. The van der Waals surface area contributed by atoms with Crippen LogP contribution in [-0.4, -0.2) is 43.9 Å². The summed E-state index contributed by atoms with van der Waals surface area (Å²) in [6.07, 6.45) is 2.40. The number of carboxylic acid groups (broad SMARTS) is 1. The maximum absolute atomic E-state index is 11.2. The summed E-state index contributed by atoms with van der Waals surface area (Å²) in [5.74, 6) is -1.88. The second-order valence-electron chi connectivity index (χ2n) is 3.33. The fourth-order valence-corrected chi connectivity index (χ4v) is 1.46. The van der Waals surface area contributed by atoms with Gasteiger partial charge in [0.2, 0.25) is 0 Å². The molecule has 0 aliphatic carbocycles. The highest BCUT2D eigenvalue weighted by atomic mass is 35.5. The minimum absolute atomic E-state index is 0.00422. The molecule has 2 heterocycles. The first-order valence-corrected chi connectivity index (χ1v) is 5.30. The molecule has 0 unspecified atom stereocenters. The van der Waals surface area contributed by atoms with Crippen LogP contribution in [0.3, 0.4) is 0 Å². The Bertz CT molecular complexity index is 655. The van der Waals surface area contributed by atoms with E-state index < -0.39 is 11.9 Å². The van der Waals surface area contributed by atoms with Crippen molar-refractivity contribution in [1.29, 1.82) is 0 Å². The lowest BCUT2D eigenvalue weighted by molar-refractivity contribution is 0.0586. The van der Waals surface area contributed by atoms with Gasteiger partial charge in [-0.15, -0.1) is 5.10 Å². The quantitative estimate of drug-likeness (QED) is 0.830. The van der Waals surface area contributed by atoms with E-state index in [4.69, 9.17) is 16.7 Å². The van der Waals surface area contributed by atoms with E-state index in [2.05, 4.69) is 19.8 Å². The average Bonchev–Trinajstić information content (AvgIpc) is 2.87. The molecule has 8 nitrogen and oxygen atoms in total. The Balaban J connectivity index is 2.42. The van der Waals surface area contributed by atoms with E-state index in [9.17, 15) is 9.59 Å². The number of aromatic nitrogens is 4. The highest BCUT2D eigenvalue weighted by Gasteiger charge is 2.15. The Hall–Kier alpha value is -2.48. The van der Waals surface area contributed by atoms with Crippen LogP contribution in [0.1, 0.15) is 21.0 Å². The minimum atomic E-state index is -1.19. The van der Waals surface area contributed by atoms with Gasteiger partial charge in [0, 0.05) is 6.20 Å². The zero-order valence-electron chi connectivity index (χ0n) is 9.57. The first-order valence-electron chi connectivity index (χ1n) is 4.92. The average molecular weight is 283 g/mol. The summed E-state index contributed by atoms with van der Waals surface area (Å²) in [5, 5.41) is 12.8. The summed E-state index contributed by atoms with van der Waals surface area (Å²) in [5.41, 5.74) is -0.123. The zero-order chi connectivity index (χ0) is 14.0. The third-order valence-electron chi connectivity index (χ3n) is 2.17. The van der Waals surface area contributed by atoms with Gasteiger partial charge in [-0.3, -0.25) is 0 Å². The van der Waals surface area contributed by atoms with E-state index in [-0.39, 0.29) is 22.2 Å².